The highest BCUT2D eigenvalue weighted by molar-refractivity contribution is 7.87. The highest BCUT2D eigenvalue weighted by Gasteiger charge is 2.20. The summed E-state index contributed by atoms with van der Waals surface area (Å²) in [6, 6.07) is 14.5. The van der Waals surface area contributed by atoms with Crippen LogP contribution in [0.5, 0.6) is 11.5 Å². The fourth-order valence-corrected chi connectivity index (χ4v) is 3.50. The zero-order chi connectivity index (χ0) is 21.9. The molecule has 0 heterocycles. The van der Waals surface area contributed by atoms with Gasteiger partial charge in [-0.25, -0.2) is 0 Å². The molecule has 1 amide bonds. The van der Waals surface area contributed by atoms with Crippen LogP contribution in [0.2, 0.25) is 0 Å². The number of hydrogen-bond acceptors (Lipinski definition) is 7. The van der Waals surface area contributed by atoms with Crippen LogP contribution in [-0.2, 0) is 10.1 Å². The number of rotatable bonds is 6. The highest BCUT2D eigenvalue weighted by Crippen LogP contribution is 2.25. The van der Waals surface area contributed by atoms with E-state index in [0.29, 0.717) is 0 Å². The summed E-state index contributed by atoms with van der Waals surface area (Å²) in [6.07, 6.45) is 0. The molecule has 3 aromatic carbocycles. The van der Waals surface area contributed by atoms with Crippen LogP contribution in [0.25, 0.3) is 0 Å². The molecular weight excluding hydrogens is 412 g/mol. The Morgan fingerprint density at radius 1 is 1.07 bits per heavy atom. The smallest absolute Gasteiger partial charge is 0.339 e. The number of non-ortho nitro benzene ring substituents is 1. The van der Waals surface area contributed by atoms with Crippen molar-refractivity contribution in [1.82, 2.24) is 0 Å². The largest absolute Gasteiger partial charge is 0.506 e. The number of nitrogens with zero attached hydrogens (tertiary/aromatic N) is 1. The van der Waals surface area contributed by atoms with Crippen molar-refractivity contribution in [1.29, 1.82) is 0 Å². The Kier molecular flexibility index (Phi) is 5.70. The first-order valence-corrected chi connectivity index (χ1v) is 9.96. The summed E-state index contributed by atoms with van der Waals surface area (Å²) in [4.78, 5) is 22.1. The lowest BCUT2D eigenvalue weighted by Gasteiger charge is -2.09. The maximum Gasteiger partial charge on any atom is 0.339 e. The van der Waals surface area contributed by atoms with Gasteiger partial charge in [-0.3, -0.25) is 14.9 Å². The Morgan fingerprint density at radius 3 is 2.40 bits per heavy atom. The number of carbonyl (C=O) groups excluding carboxylic acids is 1. The molecule has 0 atom stereocenters. The van der Waals surface area contributed by atoms with Crippen molar-refractivity contribution in [2.45, 2.75) is 11.8 Å². The summed E-state index contributed by atoms with van der Waals surface area (Å²) in [6.45, 7) is 1.80. The maximum absolute atomic E-state index is 12.3. The molecule has 30 heavy (non-hydrogen) atoms. The molecule has 0 fully saturated rings. The van der Waals surface area contributed by atoms with E-state index in [0.717, 1.165) is 17.7 Å². The predicted molar refractivity (Wildman–Crippen MR) is 108 cm³/mol. The minimum absolute atomic E-state index is 0.0729. The molecule has 0 aliphatic carbocycles. The topological polar surface area (TPSA) is 136 Å². The van der Waals surface area contributed by atoms with Gasteiger partial charge in [-0.1, -0.05) is 12.1 Å². The van der Waals surface area contributed by atoms with Crippen molar-refractivity contribution in [3.63, 3.8) is 0 Å². The molecule has 0 unspecified atom stereocenters. The normalized spacial score (nSPS) is 11.0. The van der Waals surface area contributed by atoms with E-state index in [4.69, 9.17) is 4.18 Å². The Bertz CT molecular complexity index is 1220. The number of nitro benzene ring substituents is 1. The summed E-state index contributed by atoms with van der Waals surface area (Å²) in [5, 5.41) is 23.3. The lowest BCUT2D eigenvalue weighted by molar-refractivity contribution is -0.385. The van der Waals surface area contributed by atoms with E-state index in [9.17, 15) is 28.4 Å². The molecule has 0 bridgehead atoms. The van der Waals surface area contributed by atoms with Gasteiger partial charge in [-0.15, -0.1) is 0 Å². The van der Waals surface area contributed by atoms with Crippen LogP contribution < -0.4 is 9.50 Å². The lowest BCUT2D eigenvalue weighted by atomic mass is 10.1. The maximum atomic E-state index is 12.3. The van der Waals surface area contributed by atoms with Crippen molar-refractivity contribution in [2.75, 3.05) is 5.32 Å². The van der Waals surface area contributed by atoms with Crippen LogP contribution in [0.1, 0.15) is 15.9 Å². The molecule has 3 aromatic rings. The molecule has 2 N–H and O–H groups in total. The number of aryl methyl sites for hydroxylation is 1. The third-order valence-electron chi connectivity index (χ3n) is 4.04. The van der Waals surface area contributed by atoms with E-state index in [1.54, 1.807) is 19.1 Å². The van der Waals surface area contributed by atoms with Crippen molar-refractivity contribution < 1.29 is 27.4 Å². The number of nitro groups is 1. The highest BCUT2D eigenvalue weighted by atomic mass is 32.2. The average molecular weight is 428 g/mol. The predicted octanol–water partition coefficient (Wildman–Crippen LogP) is 3.63. The first-order valence-electron chi connectivity index (χ1n) is 8.56. The number of aromatic hydroxyl groups is 1. The zero-order valence-corrected chi connectivity index (χ0v) is 16.4. The third kappa shape index (κ3) is 4.73. The third-order valence-corrected chi connectivity index (χ3v) is 5.28. The molecule has 0 saturated heterocycles. The molecule has 3 rings (SSSR count). The lowest BCUT2D eigenvalue weighted by Crippen LogP contribution is -2.13. The molecule has 0 spiro atoms. The van der Waals surface area contributed by atoms with E-state index in [-0.39, 0.29) is 33.3 Å². The number of amides is 1. The second-order valence-corrected chi connectivity index (χ2v) is 7.84. The summed E-state index contributed by atoms with van der Waals surface area (Å²) < 4.78 is 29.7. The van der Waals surface area contributed by atoms with E-state index in [1.165, 1.54) is 42.5 Å². The first kappa shape index (κ1) is 20.8. The second-order valence-electron chi connectivity index (χ2n) is 6.29. The number of nitrogens with one attached hydrogen (secondary N) is 1. The quantitative estimate of drug-likeness (QED) is 0.265. The molecule has 0 aliphatic rings. The monoisotopic (exact) mass is 428 g/mol. The minimum atomic E-state index is -4.30. The molecule has 10 heteroatoms. The molecule has 0 radical (unpaired) electrons. The van der Waals surface area contributed by atoms with Gasteiger partial charge in [0.15, 0.2) is 0 Å². The van der Waals surface area contributed by atoms with Gasteiger partial charge in [0.25, 0.3) is 11.6 Å². The first-order chi connectivity index (χ1) is 14.2. The van der Waals surface area contributed by atoms with Crippen LogP contribution in [0.3, 0.4) is 0 Å². The van der Waals surface area contributed by atoms with Gasteiger partial charge in [-0.05, 0) is 55.0 Å². The van der Waals surface area contributed by atoms with Gasteiger partial charge < -0.3 is 14.6 Å². The number of phenolic OH excluding ortho intramolecular Hbond substituents is 1. The van der Waals surface area contributed by atoms with Gasteiger partial charge in [0, 0.05) is 17.7 Å². The van der Waals surface area contributed by atoms with Crippen LogP contribution in [0.4, 0.5) is 11.4 Å². The molecule has 0 saturated carbocycles. The minimum Gasteiger partial charge on any atom is -0.506 e. The summed E-state index contributed by atoms with van der Waals surface area (Å²) in [7, 11) is -4.30. The molecule has 9 nitrogen and oxygen atoms in total. The van der Waals surface area contributed by atoms with E-state index in [1.807, 2.05) is 0 Å². The number of phenols is 1. The van der Waals surface area contributed by atoms with Crippen LogP contribution in [-0.4, -0.2) is 24.4 Å². The number of anilines is 1. The molecule has 154 valence electrons. The Balaban J connectivity index is 1.74. The zero-order valence-electron chi connectivity index (χ0n) is 15.6. The Hall–Kier alpha value is -3.92. The van der Waals surface area contributed by atoms with E-state index >= 15 is 0 Å². The van der Waals surface area contributed by atoms with Gasteiger partial charge in [0.05, 0.1) is 10.6 Å². The molecule has 0 aromatic heterocycles. The van der Waals surface area contributed by atoms with E-state index < -0.39 is 20.9 Å². The van der Waals surface area contributed by atoms with Gasteiger partial charge in [-0.2, -0.15) is 8.42 Å². The molecule has 0 aliphatic heterocycles. The number of carbonyl (C=O) groups is 1. The Morgan fingerprint density at radius 2 is 1.77 bits per heavy atom. The van der Waals surface area contributed by atoms with Crippen LogP contribution in [0, 0.1) is 17.0 Å². The summed E-state index contributed by atoms with van der Waals surface area (Å²) >= 11 is 0. The van der Waals surface area contributed by atoms with Crippen LogP contribution >= 0.6 is 0 Å². The van der Waals surface area contributed by atoms with Crippen molar-refractivity contribution in [2.24, 2.45) is 0 Å². The van der Waals surface area contributed by atoms with Gasteiger partial charge >= 0.3 is 10.1 Å². The Labute approximate surface area is 171 Å². The molecular formula is C20H16N2O7S. The van der Waals surface area contributed by atoms with E-state index in [2.05, 4.69) is 5.32 Å². The average Bonchev–Trinajstić information content (AvgIpc) is 2.70. The fraction of sp³-hybridized carbons (Fsp3) is 0.0500. The van der Waals surface area contributed by atoms with Crippen LogP contribution in [0.15, 0.2) is 71.6 Å². The number of benzene rings is 3. The summed E-state index contributed by atoms with van der Waals surface area (Å²) in [5.41, 5.74) is 0.886. The van der Waals surface area contributed by atoms with Gasteiger partial charge in [0.2, 0.25) is 0 Å². The number of hydrogen-bond donors (Lipinski definition) is 2. The van der Waals surface area contributed by atoms with Crippen molar-refractivity contribution >= 4 is 27.4 Å². The fourth-order valence-electron chi connectivity index (χ4n) is 2.53. The second kappa shape index (κ2) is 8.21. The van der Waals surface area contributed by atoms with Gasteiger partial charge in [0.1, 0.15) is 16.4 Å². The summed E-state index contributed by atoms with van der Waals surface area (Å²) in [5.74, 6) is -0.662. The SMILES string of the molecule is Cc1ccc(NC(=O)c2ccc(OS(=O)(=O)c3cccc([N+](=O)[O-])c3)cc2)c(O)c1. The van der Waals surface area contributed by atoms with Crippen molar-refractivity contribution in [3.05, 3.63) is 88.0 Å². The van der Waals surface area contributed by atoms with Crippen molar-refractivity contribution in [3.8, 4) is 11.5 Å². The standard InChI is InChI=1S/C20H16N2O7S/c1-13-5-10-18(19(23)11-13)21-20(24)14-6-8-16(9-7-14)29-30(27,28)17-4-2-3-15(12-17)22(25)26/h2-12,23H,1H3,(H,21,24).